The lowest BCUT2D eigenvalue weighted by atomic mass is 9.35. The molecule has 314 valence electrons. The molecule has 0 saturated carbocycles. The van der Waals surface area contributed by atoms with Crippen LogP contribution in [-0.4, -0.2) is 29.6 Å². The fourth-order valence-electron chi connectivity index (χ4n) is 13.3. The highest BCUT2D eigenvalue weighted by atomic mass is 28.3. The van der Waals surface area contributed by atoms with Crippen LogP contribution in [0.15, 0.2) is 267 Å². The van der Waals surface area contributed by atoms with Crippen molar-refractivity contribution in [1.29, 1.82) is 0 Å². The van der Waals surface area contributed by atoms with Crippen LogP contribution in [-0.2, 0) is 0 Å². The van der Waals surface area contributed by atoms with Gasteiger partial charge >= 0.3 is 0 Å². The number of fused-ring (bicyclic) bond motifs is 4. The van der Waals surface area contributed by atoms with E-state index in [1.165, 1.54) is 107 Å². The summed E-state index contributed by atoms with van der Waals surface area (Å²) in [7, 11) is -5.44. The molecule has 14 rings (SSSR count). The van der Waals surface area contributed by atoms with E-state index in [1.54, 1.807) is 0 Å². The van der Waals surface area contributed by atoms with E-state index in [0.29, 0.717) is 0 Å². The van der Waals surface area contributed by atoms with Gasteiger partial charge in [0, 0.05) is 0 Å². The van der Waals surface area contributed by atoms with Crippen molar-refractivity contribution in [3.05, 3.63) is 267 Å². The van der Waals surface area contributed by atoms with Crippen molar-refractivity contribution >= 4 is 136 Å². The van der Waals surface area contributed by atoms with E-state index in [9.17, 15) is 0 Å². The number of hydrogen-bond acceptors (Lipinski definition) is 0. The summed E-state index contributed by atoms with van der Waals surface area (Å²) in [5, 5.41) is 19.6. The van der Waals surface area contributed by atoms with Gasteiger partial charge in [-0.15, -0.1) is 0 Å². The lowest BCUT2D eigenvalue weighted by Gasteiger charge is -2.43. The first-order valence-electron chi connectivity index (χ1n) is 24.1. The van der Waals surface area contributed by atoms with E-state index in [1.807, 2.05) is 0 Å². The lowest BCUT2D eigenvalue weighted by Crippen LogP contribution is -2.86. The standard InChI is InChI=1S/C64H44B2Si2/c1-5-21-47(22-6-1)67(48-23-7-2-8-24-48)59-33-17-13-29-55(59)65(56-30-14-18-34-60(56)67)53-43-39-45-38-42-52-54(44-40-46-37-41-51(53)63(45)64(46)52)66-57-31-15-19-35-61(57)68(49-25-9-3-10-26-49,50-27-11-4-12-28-50)62-36-20-16-32-58(62)66/h1-44H. The van der Waals surface area contributed by atoms with Gasteiger partial charge in [0.1, 0.15) is 0 Å². The van der Waals surface area contributed by atoms with Crippen LogP contribution in [0.3, 0.4) is 0 Å². The lowest BCUT2D eigenvalue weighted by molar-refractivity contribution is 1.67. The molecule has 68 heavy (non-hydrogen) atoms. The van der Waals surface area contributed by atoms with E-state index in [-0.39, 0.29) is 13.4 Å². The summed E-state index contributed by atoms with van der Waals surface area (Å²) in [4.78, 5) is 0. The second-order valence-corrected chi connectivity index (χ2v) is 26.4. The molecule has 0 aromatic heterocycles. The summed E-state index contributed by atoms with van der Waals surface area (Å²) in [6.45, 7) is 0.122. The molecule has 0 nitrogen and oxygen atoms in total. The summed E-state index contributed by atoms with van der Waals surface area (Å²) >= 11 is 0. The van der Waals surface area contributed by atoms with Gasteiger partial charge in [0.05, 0.1) is 0 Å². The third kappa shape index (κ3) is 5.39. The highest BCUT2D eigenvalue weighted by Gasteiger charge is 2.51. The molecule has 12 aromatic rings. The molecule has 0 saturated heterocycles. The van der Waals surface area contributed by atoms with Crippen molar-refractivity contribution in [2.75, 3.05) is 0 Å². The molecule has 0 N–H and O–H groups in total. The minimum Gasteiger partial charge on any atom is -0.0683 e. The Hall–Kier alpha value is -7.76. The number of rotatable bonds is 6. The SMILES string of the molecule is c1ccc([Si]2(c3ccccc3)c3ccccc3B(c3ccc4ccc5c(B6c7ccccc7[Si](c7ccccc7)(c7ccccc7)c7ccccc76)ccc6ccc3c4c65)c3ccccc32)cc1. The first-order valence-corrected chi connectivity index (χ1v) is 28.1. The highest BCUT2D eigenvalue weighted by molar-refractivity contribution is 7.27. The van der Waals surface area contributed by atoms with Crippen LogP contribution in [0.2, 0.25) is 0 Å². The Kier molecular flexibility index (Phi) is 8.93. The van der Waals surface area contributed by atoms with Crippen molar-refractivity contribution in [2.24, 2.45) is 0 Å². The predicted octanol–water partition coefficient (Wildman–Crippen LogP) is 5.00. The van der Waals surface area contributed by atoms with Gasteiger partial charge in [-0.1, -0.05) is 300 Å². The van der Waals surface area contributed by atoms with Crippen molar-refractivity contribution in [2.45, 2.75) is 0 Å². The van der Waals surface area contributed by atoms with E-state index in [0.717, 1.165) is 0 Å². The van der Waals surface area contributed by atoms with Crippen molar-refractivity contribution in [1.82, 2.24) is 0 Å². The molecule has 0 radical (unpaired) electrons. The van der Waals surface area contributed by atoms with Crippen LogP contribution >= 0.6 is 0 Å². The van der Waals surface area contributed by atoms with Gasteiger partial charge in [-0.3, -0.25) is 0 Å². The van der Waals surface area contributed by atoms with E-state index >= 15 is 0 Å². The Balaban J connectivity index is 1.02. The van der Waals surface area contributed by atoms with Crippen molar-refractivity contribution < 1.29 is 0 Å². The molecule has 4 heteroatoms. The monoisotopic (exact) mass is 890 g/mol. The Labute approximate surface area is 400 Å². The van der Waals surface area contributed by atoms with Gasteiger partial charge in [0.15, 0.2) is 16.1 Å². The molecule has 0 bridgehead atoms. The van der Waals surface area contributed by atoms with Gasteiger partial charge in [-0.05, 0) is 73.8 Å². The van der Waals surface area contributed by atoms with Gasteiger partial charge in [0.25, 0.3) is 0 Å². The van der Waals surface area contributed by atoms with Crippen LogP contribution in [0.25, 0.3) is 32.3 Å². The van der Waals surface area contributed by atoms with Crippen molar-refractivity contribution in [3.63, 3.8) is 0 Å². The third-order valence-electron chi connectivity index (χ3n) is 15.9. The summed E-state index contributed by atoms with van der Waals surface area (Å²) in [6, 6.07) is 103. The largest absolute Gasteiger partial charge is 0.241 e. The second-order valence-electron chi connectivity index (χ2n) is 18.9. The topological polar surface area (TPSA) is 0 Å². The molecule has 2 aliphatic rings. The molecule has 0 aliphatic carbocycles. The first kappa shape index (κ1) is 39.4. The van der Waals surface area contributed by atoms with Crippen LogP contribution in [0.5, 0.6) is 0 Å². The zero-order valence-corrected chi connectivity index (χ0v) is 39.6. The maximum atomic E-state index is 2.46. The first-order chi connectivity index (χ1) is 33.8. The fraction of sp³-hybridized carbons (Fsp3) is 0. The molecule has 0 fully saturated rings. The van der Waals surface area contributed by atoms with Gasteiger partial charge < -0.3 is 0 Å². The highest BCUT2D eigenvalue weighted by Crippen LogP contribution is 2.34. The van der Waals surface area contributed by atoms with Crippen molar-refractivity contribution in [3.8, 4) is 0 Å². The summed E-state index contributed by atoms with van der Waals surface area (Å²) in [6.07, 6.45) is 0. The molecule has 12 aromatic carbocycles. The second kappa shape index (κ2) is 15.4. The minimum absolute atomic E-state index is 0.0608. The zero-order valence-electron chi connectivity index (χ0n) is 37.6. The smallest absolute Gasteiger partial charge is 0.0683 e. The summed E-state index contributed by atoms with van der Waals surface area (Å²) in [5.74, 6) is 0. The van der Waals surface area contributed by atoms with Gasteiger partial charge in [-0.25, -0.2) is 0 Å². The number of hydrogen-bond donors (Lipinski definition) is 0. The molecular formula is C64H44B2Si2. The third-order valence-corrected chi connectivity index (χ3v) is 25.7. The maximum Gasteiger partial charge on any atom is 0.241 e. The predicted molar refractivity (Wildman–Crippen MR) is 300 cm³/mol. The molecule has 0 spiro atoms. The Morgan fingerprint density at radius 3 is 0.750 bits per heavy atom. The quantitative estimate of drug-likeness (QED) is 0.163. The normalized spacial score (nSPS) is 14.4. The molecule has 0 atom stereocenters. The molecule has 0 unspecified atom stereocenters. The minimum atomic E-state index is -2.72. The fourth-order valence-corrected chi connectivity index (χ4v) is 23.9. The average Bonchev–Trinajstić information content (AvgIpc) is 3.42. The maximum absolute atomic E-state index is 2.72. The van der Waals surface area contributed by atoms with Crippen LogP contribution < -0.4 is 74.3 Å². The van der Waals surface area contributed by atoms with E-state index < -0.39 is 16.1 Å². The summed E-state index contributed by atoms with van der Waals surface area (Å²) < 4.78 is 0. The van der Waals surface area contributed by atoms with E-state index in [2.05, 4.69) is 267 Å². The Morgan fingerprint density at radius 2 is 0.456 bits per heavy atom. The number of benzene rings is 12. The molecule has 2 aliphatic heterocycles. The Morgan fingerprint density at radius 1 is 0.206 bits per heavy atom. The average molecular weight is 891 g/mol. The molecule has 0 amide bonds. The van der Waals surface area contributed by atoms with Crippen LogP contribution in [0.4, 0.5) is 0 Å². The molecule has 2 heterocycles. The zero-order chi connectivity index (χ0) is 44.8. The van der Waals surface area contributed by atoms with Gasteiger partial charge in [0.2, 0.25) is 13.4 Å². The molecular weight excluding hydrogens is 846 g/mol. The van der Waals surface area contributed by atoms with Crippen LogP contribution in [0, 0.1) is 0 Å². The van der Waals surface area contributed by atoms with Crippen LogP contribution in [0.1, 0.15) is 0 Å². The van der Waals surface area contributed by atoms with Gasteiger partial charge in [-0.2, -0.15) is 0 Å². The Bertz CT molecular complexity index is 3440. The summed E-state index contributed by atoms with van der Waals surface area (Å²) in [5.41, 5.74) is 8.41. The van der Waals surface area contributed by atoms with E-state index in [4.69, 9.17) is 0 Å².